The van der Waals surface area contributed by atoms with Crippen LogP contribution in [0.1, 0.15) is 12.8 Å². The molecule has 338 valence electrons. The van der Waals surface area contributed by atoms with Crippen LogP contribution in [0.2, 0.25) is 0 Å². The number of fused-ring (bicyclic) bond motifs is 9. The van der Waals surface area contributed by atoms with Gasteiger partial charge < -0.3 is 23.5 Å². The van der Waals surface area contributed by atoms with Crippen LogP contribution in [0.5, 0.6) is 0 Å². The van der Waals surface area contributed by atoms with E-state index in [1.807, 2.05) is 0 Å². The molecule has 2 aliphatic rings. The highest BCUT2D eigenvalue weighted by molar-refractivity contribution is 6.13. The second-order valence-electron chi connectivity index (χ2n) is 18.8. The van der Waals surface area contributed by atoms with Gasteiger partial charge in [-0.1, -0.05) is 146 Å². The molecule has 2 aliphatic carbocycles. The van der Waals surface area contributed by atoms with Crippen LogP contribution >= 0.6 is 0 Å². The van der Waals surface area contributed by atoms with Crippen LogP contribution in [0.15, 0.2) is 249 Å². The van der Waals surface area contributed by atoms with E-state index in [0.29, 0.717) is 0 Å². The van der Waals surface area contributed by atoms with Gasteiger partial charge in [-0.15, -0.1) is 0 Å². The molecule has 0 spiro atoms. The lowest BCUT2D eigenvalue weighted by molar-refractivity contribution is 0.786. The van der Waals surface area contributed by atoms with E-state index in [4.69, 9.17) is 0 Å². The molecular formula is C66H49N5. The van der Waals surface area contributed by atoms with Crippen LogP contribution in [0, 0.1) is 0 Å². The molecule has 0 saturated heterocycles. The molecule has 5 heteroatoms. The Morgan fingerprint density at radius 2 is 0.775 bits per heavy atom. The van der Waals surface area contributed by atoms with Gasteiger partial charge in [0.2, 0.25) is 0 Å². The van der Waals surface area contributed by atoms with Gasteiger partial charge in [-0.2, -0.15) is 0 Å². The first-order chi connectivity index (χ1) is 35.2. The van der Waals surface area contributed by atoms with Crippen LogP contribution < -0.4 is 20.4 Å². The Morgan fingerprint density at radius 3 is 1.31 bits per heavy atom. The molecule has 5 nitrogen and oxygen atoms in total. The van der Waals surface area contributed by atoms with Crippen LogP contribution in [0.3, 0.4) is 0 Å². The number of anilines is 4. The van der Waals surface area contributed by atoms with Crippen molar-refractivity contribution < 1.29 is 0 Å². The van der Waals surface area contributed by atoms with Crippen molar-refractivity contribution in [3.05, 3.63) is 259 Å². The number of para-hydroxylation sites is 6. The van der Waals surface area contributed by atoms with Gasteiger partial charge in [0.05, 0.1) is 39.7 Å². The predicted octanol–water partition coefficient (Wildman–Crippen LogP) is 15.0. The van der Waals surface area contributed by atoms with Gasteiger partial charge in [0.25, 0.3) is 0 Å². The van der Waals surface area contributed by atoms with Crippen molar-refractivity contribution in [2.45, 2.75) is 24.9 Å². The zero-order chi connectivity index (χ0) is 46.8. The molecule has 0 saturated carbocycles. The minimum atomic E-state index is 0.0693. The molecule has 0 fully saturated rings. The van der Waals surface area contributed by atoms with E-state index in [9.17, 15) is 0 Å². The Labute approximate surface area is 412 Å². The molecule has 3 aromatic heterocycles. The quantitative estimate of drug-likeness (QED) is 0.144. The fraction of sp³-hybridized carbons (Fsp3) is 0.0606. The van der Waals surface area contributed by atoms with Crippen molar-refractivity contribution in [2.24, 2.45) is 0 Å². The van der Waals surface area contributed by atoms with Gasteiger partial charge in [-0.3, -0.25) is 0 Å². The number of hydrogen-bond donors (Lipinski definition) is 0. The third-order valence-electron chi connectivity index (χ3n) is 14.8. The lowest BCUT2D eigenvalue weighted by Gasteiger charge is -2.33. The molecule has 2 unspecified atom stereocenters. The summed E-state index contributed by atoms with van der Waals surface area (Å²) >= 11 is 0. The Morgan fingerprint density at radius 1 is 0.338 bits per heavy atom. The van der Waals surface area contributed by atoms with Crippen LogP contribution in [0.4, 0.5) is 22.7 Å². The molecule has 9 aromatic carbocycles. The molecule has 3 heterocycles. The monoisotopic (exact) mass is 911 g/mol. The average molecular weight is 912 g/mol. The van der Waals surface area contributed by atoms with Crippen molar-refractivity contribution in [2.75, 3.05) is 9.80 Å². The molecule has 2 atom stereocenters. The Balaban J connectivity index is 0.961. The lowest BCUT2D eigenvalue weighted by Crippen LogP contribution is -2.39. The van der Waals surface area contributed by atoms with Gasteiger partial charge in [-0.05, 0) is 128 Å². The molecule has 0 aliphatic heterocycles. The fourth-order valence-corrected chi connectivity index (χ4v) is 11.7. The normalized spacial score (nSPS) is 15.3. The standard InChI is InChI=1S/C66H49N5/c1-6-20-46(21-7-1)67(51-34-38-63-57(42-51)55-30-16-18-32-61(55)69(63)48-24-10-3-11-25-48)53-36-40-65-59(44-53)60-45-54(37-41-66(60)71(65)50-28-14-5-15-29-50)68(47-22-8-2-9-23-47)52-35-39-64-58(43-52)56-31-17-19-33-62(56)70(64)49-26-12-4-13-27-49/h1-22,24-33,35-45,47,51H,23,34H2. The van der Waals surface area contributed by atoms with E-state index in [-0.39, 0.29) is 12.1 Å². The number of nitrogens with zero attached hydrogens (tertiary/aromatic N) is 5. The molecule has 12 aromatic rings. The Kier molecular flexibility index (Phi) is 9.73. The average Bonchev–Trinajstić information content (AvgIpc) is 4.07. The third kappa shape index (κ3) is 6.76. The van der Waals surface area contributed by atoms with Gasteiger partial charge in [0.1, 0.15) is 0 Å². The molecule has 0 amide bonds. The van der Waals surface area contributed by atoms with Crippen LogP contribution in [0.25, 0.3) is 83.7 Å². The maximum absolute atomic E-state index is 2.55. The first-order valence-electron chi connectivity index (χ1n) is 24.8. The maximum Gasteiger partial charge on any atom is 0.0567 e. The highest BCUT2D eigenvalue weighted by Crippen LogP contribution is 2.43. The minimum absolute atomic E-state index is 0.0693. The fourth-order valence-electron chi connectivity index (χ4n) is 11.7. The van der Waals surface area contributed by atoms with Gasteiger partial charge in [0.15, 0.2) is 0 Å². The summed E-state index contributed by atoms with van der Waals surface area (Å²) in [4.78, 5) is 5.10. The summed E-state index contributed by atoms with van der Waals surface area (Å²) < 4.78 is 7.26. The van der Waals surface area contributed by atoms with Crippen LogP contribution in [-0.4, -0.2) is 25.8 Å². The minimum Gasteiger partial charge on any atom is -0.334 e. The number of benzene rings is 9. The topological polar surface area (TPSA) is 21.3 Å². The summed E-state index contributed by atoms with van der Waals surface area (Å²) in [7, 11) is 0. The summed E-state index contributed by atoms with van der Waals surface area (Å²) in [6, 6.07) is 82.4. The van der Waals surface area contributed by atoms with Crippen LogP contribution in [-0.2, 0) is 0 Å². The summed E-state index contributed by atoms with van der Waals surface area (Å²) in [6.45, 7) is 0. The third-order valence-corrected chi connectivity index (χ3v) is 14.8. The summed E-state index contributed by atoms with van der Waals surface area (Å²) in [6.07, 6.45) is 15.7. The number of aromatic nitrogens is 3. The second-order valence-corrected chi connectivity index (χ2v) is 18.8. The first-order valence-corrected chi connectivity index (χ1v) is 24.8. The zero-order valence-corrected chi connectivity index (χ0v) is 39.1. The summed E-state index contributed by atoms with van der Waals surface area (Å²) in [5.41, 5.74) is 14.1. The van der Waals surface area contributed by atoms with E-state index >= 15 is 0 Å². The van der Waals surface area contributed by atoms with Gasteiger partial charge in [0, 0.05) is 77.3 Å². The summed E-state index contributed by atoms with van der Waals surface area (Å²) in [5.74, 6) is 0. The predicted molar refractivity (Wildman–Crippen MR) is 299 cm³/mol. The van der Waals surface area contributed by atoms with E-state index in [2.05, 4.69) is 284 Å². The molecule has 0 N–H and O–H groups in total. The Bertz CT molecular complexity index is 4180. The van der Waals surface area contributed by atoms with E-state index in [1.54, 1.807) is 0 Å². The first kappa shape index (κ1) is 41.0. The van der Waals surface area contributed by atoms with Gasteiger partial charge >= 0.3 is 0 Å². The molecule has 0 radical (unpaired) electrons. The highest BCUT2D eigenvalue weighted by Gasteiger charge is 2.26. The summed E-state index contributed by atoms with van der Waals surface area (Å²) in [5, 5.41) is 8.71. The molecule has 14 rings (SSSR count). The van der Waals surface area contributed by atoms with Crippen molar-refractivity contribution in [1.82, 2.24) is 13.7 Å². The smallest absolute Gasteiger partial charge is 0.0567 e. The van der Waals surface area contributed by atoms with E-state index in [1.165, 1.54) is 70.8 Å². The van der Waals surface area contributed by atoms with Crippen molar-refractivity contribution >= 4 is 89.4 Å². The van der Waals surface area contributed by atoms with E-state index in [0.717, 1.165) is 47.0 Å². The maximum atomic E-state index is 2.55. The second kappa shape index (κ2) is 16.9. The zero-order valence-electron chi connectivity index (χ0n) is 39.1. The number of allylic oxidation sites excluding steroid dienone is 2. The van der Waals surface area contributed by atoms with Crippen molar-refractivity contribution in [1.29, 1.82) is 0 Å². The molecular weight excluding hydrogens is 863 g/mol. The van der Waals surface area contributed by atoms with Gasteiger partial charge in [-0.25, -0.2) is 0 Å². The Hall–Kier alpha value is -9.06. The van der Waals surface area contributed by atoms with E-state index < -0.39 is 0 Å². The number of hydrogen-bond acceptors (Lipinski definition) is 2. The lowest BCUT2D eigenvalue weighted by atomic mass is 10.0. The largest absolute Gasteiger partial charge is 0.334 e. The van der Waals surface area contributed by atoms with Crippen molar-refractivity contribution in [3.63, 3.8) is 0 Å². The molecule has 71 heavy (non-hydrogen) atoms. The van der Waals surface area contributed by atoms with Crippen molar-refractivity contribution in [3.8, 4) is 17.1 Å². The molecule has 0 bridgehead atoms. The number of rotatable bonds is 9. The SMILES string of the molecule is C1=CCC(N(c2ccc3c(c2)c2ccccc2n3-c2ccccc2)c2ccc3c(c2)c2cc(N(c4ccccc4)C4C=c5c(n(-c6ccccc6)c6ccccc56)=CC4)ccc2n3-c2ccccc2)C=C1. The highest BCUT2D eigenvalue weighted by atomic mass is 15.2.